The van der Waals surface area contributed by atoms with Crippen LogP contribution in [-0.2, 0) is 13.0 Å². The number of pyridine rings is 1. The number of aromatic carboxylic acids is 1. The Hall–Kier alpha value is -2.60. The van der Waals surface area contributed by atoms with Crippen molar-refractivity contribution >= 4 is 27.5 Å². The van der Waals surface area contributed by atoms with E-state index in [1.165, 1.54) is 15.9 Å². The highest BCUT2D eigenvalue weighted by molar-refractivity contribution is 7.17. The zero-order chi connectivity index (χ0) is 15.7. The van der Waals surface area contributed by atoms with Gasteiger partial charge in [-0.3, -0.25) is 4.79 Å². The van der Waals surface area contributed by atoms with Gasteiger partial charge in [0.1, 0.15) is 5.56 Å². The monoisotopic (exact) mass is 315 g/mol. The van der Waals surface area contributed by atoms with E-state index >= 15 is 0 Å². The molecule has 0 aliphatic heterocycles. The van der Waals surface area contributed by atoms with Gasteiger partial charge in [-0.25, -0.2) is 4.79 Å². The molecule has 0 aliphatic carbocycles. The topological polar surface area (TPSA) is 79.5 Å². The molecule has 0 saturated heterocycles. The average molecular weight is 315 g/mol. The van der Waals surface area contributed by atoms with E-state index < -0.39 is 17.3 Å². The van der Waals surface area contributed by atoms with E-state index in [4.69, 9.17) is 0 Å². The van der Waals surface area contributed by atoms with Gasteiger partial charge in [-0.15, -0.1) is 11.3 Å². The summed E-state index contributed by atoms with van der Waals surface area (Å²) in [5.41, 5.74) is 0.630. The first-order valence-electron chi connectivity index (χ1n) is 6.69. The van der Waals surface area contributed by atoms with Crippen LogP contribution >= 0.6 is 11.3 Å². The molecule has 0 unspecified atom stereocenters. The van der Waals surface area contributed by atoms with Gasteiger partial charge in [0.2, 0.25) is 0 Å². The number of rotatable bonds is 4. The normalized spacial score (nSPS) is 10.9. The number of carbonyl (C=O) groups is 1. The molecule has 6 heteroatoms. The van der Waals surface area contributed by atoms with Crippen LogP contribution in [0.5, 0.6) is 5.75 Å². The van der Waals surface area contributed by atoms with E-state index in [-0.39, 0.29) is 5.56 Å². The predicted molar refractivity (Wildman–Crippen MR) is 84.9 cm³/mol. The van der Waals surface area contributed by atoms with Gasteiger partial charge in [-0.2, -0.15) is 0 Å². The van der Waals surface area contributed by atoms with E-state index in [0.29, 0.717) is 23.2 Å². The van der Waals surface area contributed by atoms with Crippen LogP contribution in [-0.4, -0.2) is 20.7 Å². The molecule has 2 aromatic heterocycles. The maximum atomic E-state index is 12.3. The summed E-state index contributed by atoms with van der Waals surface area (Å²) in [6.45, 7) is 0.379. The Morgan fingerprint density at radius 1 is 1.18 bits per heavy atom. The molecule has 0 saturated carbocycles. The maximum Gasteiger partial charge on any atom is 0.341 e. The average Bonchev–Trinajstić information content (AvgIpc) is 2.97. The second-order valence-electron chi connectivity index (χ2n) is 4.86. The molecule has 5 nitrogen and oxygen atoms in total. The molecule has 1 aromatic carbocycles. The molecule has 0 spiro atoms. The molecule has 3 rings (SSSR count). The molecule has 0 atom stereocenters. The van der Waals surface area contributed by atoms with Crippen LogP contribution < -0.4 is 5.56 Å². The molecule has 0 fully saturated rings. The van der Waals surface area contributed by atoms with Crippen molar-refractivity contribution in [3.8, 4) is 5.75 Å². The molecule has 2 heterocycles. The number of hydrogen-bond acceptors (Lipinski definition) is 4. The van der Waals surface area contributed by atoms with Crippen molar-refractivity contribution in [2.45, 2.75) is 13.0 Å². The van der Waals surface area contributed by atoms with Gasteiger partial charge < -0.3 is 14.8 Å². The lowest BCUT2D eigenvalue weighted by Crippen LogP contribution is -2.23. The summed E-state index contributed by atoms with van der Waals surface area (Å²) < 4.78 is 1.85. The fraction of sp³-hybridized carbons (Fsp3) is 0.125. The first kappa shape index (κ1) is 14.3. The summed E-state index contributed by atoms with van der Waals surface area (Å²) in [6, 6.07) is 11.4. The van der Waals surface area contributed by atoms with Gasteiger partial charge in [0, 0.05) is 6.54 Å². The minimum absolute atomic E-state index is 0.314. The minimum Gasteiger partial charge on any atom is -0.502 e. The zero-order valence-electron chi connectivity index (χ0n) is 11.5. The van der Waals surface area contributed by atoms with E-state index in [0.717, 1.165) is 5.56 Å². The van der Waals surface area contributed by atoms with Gasteiger partial charge in [0.25, 0.3) is 5.56 Å². The smallest absolute Gasteiger partial charge is 0.341 e. The number of nitrogens with zero attached hydrogens (tertiary/aromatic N) is 1. The molecular formula is C16H13NO4S. The number of carboxylic acids is 1. The lowest BCUT2D eigenvalue weighted by atomic mass is 10.1. The van der Waals surface area contributed by atoms with Crippen LogP contribution in [0.15, 0.2) is 46.6 Å². The molecule has 22 heavy (non-hydrogen) atoms. The van der Waals surface area contributed by atoms with Gasteiger partial charge in [0.15, 0.2) is 5.75 Å². The summed E-state index contributed by atoms with van der Waals surface area (Å²) >= 11 is 1.20. The van der Waals surface area contributed by atoms with Crippen LogP contribution in [0.3, 0.4) is 0 Å². The molecule has 0 aliphatic rings. The van der Waals surface area contributed by atoms with E-state index in [2.05, 4.69) is 0 Å². The molecular weight excluding hydrogens is 302 g/mol. The van der Waals surface area contributed by atoms with E-state index in [9.17, 15) is 19.8 Å². The van der Waals surface area contributed by atoms with Crippen molar-refractivity contribution in [1.29, 1.82) is 0 Å². The first-order valence-corrected chi connectivity index (χ1v) is 7.57. The Bertz CT molecular complexity index is 896. The molecule has 0 bridgehead atoms. The zero-order valence-corrected chi connectivity index (χ0v) is 12.3. The minimum atomic E-state index is -1.29. The lowest BCUT2D eigenvalue weighted by molar-refractivity contribution is 0.0695. The maximum absolute atomic E-state index is 12.3. The van der Waals surface area contributed by atoms with Crippen molar-refractivity contribution in [2.75, 3.05) is 0 Å². The number of hydrogen-bond donors (Lipinski definition) is 2. The largest absolute Gasteiger partial charge is 0.502 e. The number of fused-ring (bicyclic) bond motifs is 1. The third kappa shape index (κ3) is 2.37. The summed E-state index contributed by atoms with van der Waals surface area (Å²) in [5, 5.41) is 20.9. The Morgan fingerprint density at radius 2 is 1.91 bits per heavy atom. The van der Waals surface area contributed by atoms with Crippen LogP contribution in [0, 0.1) is 0 Å². The van der Waals surface area contributed by atoms with E-state index in [1.54, 1.807) is 11.4 Å². The quantitative estimate of drug-likeness (QED) is 0.776. The number of carboxylic acid groups (broad SMARTS) is 1. The highest BCUT2D eigenvalue weighted by Crippen LogP contribution is 2.28. The summed E-state index contributed by atoms with van der Waals surface area (Å²) in [4.78, 5) is 23.6. The molecule has 3 aromatic rings. The number of aryl methyl sites for hydroxylation is 2. The van der Waals surface area contributed by atoms with Crippen molar-refractivity contribution in [3.63, 3.8) is 0 Å². The van der Waals surface area contributed by atoms with Crippen molar-refractivity contribution in [1.82, 2.24) is 4.57 Å². The highest BCUT2D eigenvalue weighted by atomic mass is 32.1. The summed E-state index contributed by atoms with van der Waals surface area (Å²) in [5.74, 6) is -1.99. The van der Waals surface area contributed by atoms with Gasteiger partial charge >= 0.3 is 5.97 Å². The van der Waals surface area contributed by atoms with Crippen molar-refractivity contribution < 1.29 is 15.0 Å². The number of thiophene rings is 1. The predicted octanol–water partition coefficient (Wildman–Crippen LogP) is 2.71. The van der Waals surface area contributed by atoms with Crippen LogP contribution in [0.1, 0.15) is 15.9 Å². The molecule has 2 N–H and O–H groups in total. The highest BCUT2D eigenvalue weighted by Gasteiger charge is 2.21. The van der Waals surface area contributed by atoms with Gasteiger partial charge in [-0.1, -0.05) is 30.3 Å². The number of aromatic nitrogens is 1. The second kappa shape index (κ2) is 5.65. The van der Waals surface area contributed by atoms with Crippen molar-refractivity contribution in [2.24, 2.45) is 0 Å². The molecule has 0 radical (unpaired) electrons. The van der Waals surface area contributed by atoms with Gasteiger partial charge in [-0.05, 0) is 23.4 Å². The molecule has 112 valence electrons. The fourth-order valence-corrected chi connectivity index (χ4v) is 3.39. The summed E-state index contributed by atoms with van der Waals surface area (Å²) in [7, 11) is 0. The first-order chi connectivity index (χ1) is 10.6. The third-order valence-corrected chi connectivity index (χ3v) is 4.45. The Balaban J connectivity index is 2.09. The standard InChI is InChI=1S/C16H13NO4S/c18-13-12(16(20)21)14-11(7-9-22-14)17(15(13)19)8-6-10-4-2-1-3-5-10/h1-5,7,9,18H,6,8H2,(H,20,21). The van der Waals surface area contributed by atoms with E-state index in [1.807, 2.05) is 30.3 Å². The Kier molecular flexibility index (Phi) is 3.68. The summed E-state index contributed by atoms with van der Waals surface area (Å²) in [6.07, 6.45) is 0.623. The van der Waals surface area contributed by atoms with Crippen LogP contribution in [0.2, 0.25) is 0 Å². The van der Waals surface area contributed by atoms with Crippen LogP contribution in [0.25, 0.3) is 10.2 Å². The number of aromatic hydroxyl groups is 1. The van der Waals surface area contributed by atoms with Gasteiger partial charge in [0.05, 0.1) is 10.2 Å². The molecule has 0 amide bonds. The Morgan fingerprint density at radius 3 is 2.59 bits per heavy atom. The lowest BCUT2D eigenvalue weighted by Gasteiger charge is -2.11. The van der Waals surface area contributed by atoms with Crippen LogP contribution in [0.4, 0.5) is 0 Å². The third-order valence-electron chi connectivity index (χ3n) is 3.53. The second-order valence-corrected chi connectivity index (χ2v) is 5.77. The number of benzene rings is 1. The fourth-order valence-electron chi connectivity index (χ4n) is 2.46. The SMILES string of the molecule is O=C(O)c1c(O)c(=O)n(CCc2ccccc2)c2ccsc12. The van der Waals surface area contributed by atoms with Crippen molar-refractivity contribution in [3.05, 3.63) is 63.3 Å². The Labute approximate surface area is 129 Å².